The van der Waals surface area contributed by atoms with Gasteiger partial charge in [-0.25, -0.2) is 14.4 Å². The van der Waals surface area contributed by atoms with E-state index in [4.69, 9.17) is 5.73 Å². The van der Waals surface area contributed by atoms with Crippen LogP contribution >= 0.6 is 15.9 Å². The van der Waals surface area contributed by atoms with Crippen LogP contribution in [0.25, 0.3) is 11.4 Å². The van der Waals surface area contributed by atoms with Gasteiger partial charge in [-0.15, -0.1) is 0 Å². The highest BCUT2D eigenvalue weighted by atomic mass is 79.9. The minimum atomic E-state index is -0.283. The molecule has 88 valence electrons. The Kier molecular flexibility index (Phi) is 3.38. The largest absolute Gasteiger partial charge is 0.383 e. The number of hydrogen-bond donors (Lipinski definition) is 1. The van der Waals surface area contributed by atoms with E-state index in [1.165, 1.54) is 12.1 Å². The molecule has 5 heteroatoms. The monoisotopic (exact) mass is 295 g/mol. The smallest absolute Gasteiger partial charge is 0.161 e. The van der Waals surface area contributed by atoms with Gasteiger partial charge in [-0.1, -0.05) is 6.92 Å². The number of benzene rings is 1. The van der Waals surface area contributed by atoms with Crippen LogP contribution < -0.4 is 5.73 Å². The Morgan fingerprint density at radius 3 is 2.47 bits per heavy atom. The summed E-state index contributed by atoms with van der Waals surface area (Å²) in [6.45, 7) is 1.99. The lowest BCUT2D eigenvalue weighted by Crippen LogP contribution is -2.02. The van der Waals surface area contributed by atoms with Crippen LogP contribution in [0.15, 0.2) is 28.7 Å². The van der Waals surface area contributed by atoms with E-state index in [0.29, 0.717) is 11.6 Å². The zero-order chi connectivity index (χ0) is 12.4. The minimum absolute atomic E-state index is 0.283. The van der Waals surface area contributed by atoms with Crippen molar-refractivity contribution in [2.45, 2.75) is 13.3 Å². The van der Waals surface area contributed by atoms with Gasteiger partial charge >= 0.3 is 0 Å². The van der Waals surface area contributed by atoms with Crippen LogP contribution in [-0.4, -0.2) is 9.97 Å². The third-order valence-corrected chi connectivity index (χ3v) is 3.25. The first kappa shape index (κ1) is 12.0. The second kappa shape index (κ2) is 4.79. The van der Waals surface area contributed by atoms with Gasteiger partial charge in [0, 0.05) is 5.56 Å². The zero-order valence-corrected chi connectivity index (χ0v) is 10.8. The molecule has 0 amide bonds. The van der Waals surface area contributed by atoms with E-state index in [2.05, 4.69) is 25.9 Å². The first-order valence-electron chi connectivity index (χ1n) is 5.19. The molecular formula is C12H11BrFN3. The SMILES string of the molecule is CCc1nc(-c2ccc(F)cc2)nc(N)c1Br. The highest BCUT2D eigenvalue weighted by Crippen LogP contribution is 2.25. The molecule has 2 rings (SSSR count). The lowest BCUT2D eigenvalue weighted by Gasteiger charge is -2.07. The molecule has 0 bridgehead atoms. The topological polar surface area (TPSA) is 51.8 Å². The van der Waals surface area contributed by atoms with Crippen LogP contribution in [0, 0.1) is 5.82 Å². The average Bonchev–Trinajstić information content (AvgIpc) is 2.33. The molecule has 2 aromatic rings. The lowest BCUT2D eigenvalue weighted by molar-refractivity contribution is 0.628. The van der Waals surface area contributed by atoms with Crippen molar-refractivity contribution >= 4 is 21.7 Å². The van der Waals surface area contributed by atoms with Gasteiger partial charge in [0.1, 0.15) is 11.6 Å². The molecule has 0 atom stereocenters. The van der Waals surface area contributed by atoms with E-state index in [0.717, 1.165) is 22.2 Å². The van der Waals surface area contributed by atoms with Crippen LogP contribution in [0.5, 0.6) is 0 Å². The van der Waals surface area contributed by atoms with E-state index in [1.807, 2.05) is 6.92 Å². The highest BCUT2D eigenvalue weighted by molar-refractivity contribution is 9.10. The average molecular weight is 296 g/mol. The molecule has 0 aliphatic heterocycles. The molecule has 0 aliphatic rings. The molecule has 0 unspecified atom stereocenters. The summed E-state index contributed by atoms with van der Waals surface area (Å²) in [5.74, 6) is 0.633. The van der Waals surface area contributed by atoms with Gasteiger partial charge in [-0.05, 0) is 46.6 Å². The number of hydrogen-bond acceptors (Lipinski definition) is 3. The number of halogens is 2. The van der Waals surface area contributed by atoms with Crippen molar-refractivity contribution in [1.82, 2.24) is 9.97 Å². The normalized spacial score (nSPS) is 10.5. The van der Waals surface area contributed by atoms with Crippen LogP contribution in [0.3, 0.4) is 0 Å². The molecule has 1 heterocycles. The standard InChI is InChI=1S/C12H11BrFN3/c1-2-9-10(13)11(15)17-12(16-9)7-3-5-8(14)6-4-7/h3-6H,2H2,1H3,(H2,15,16,17). The number of aromatic nitrogens is 2. The fourth-order valence-electron chi connectivity index (χ4n) is 1.48. The molecular weight excluding hydrogens is 285 g/mol. The Hall–Kier alpha value is -1.49. The van der Waals surface area contributed by atoms with Crippen molar-refractivity contribution in [2.75, 3.05) is 5.73 Å². The number of aryl methyl sites for hydroxylation is 1. The molecule has 0 saturated heterocycles. The summed E-state index contributed by atoms with van der Waals surface area (Å²) < 4.78 is 13.5. The van der Waals surface area contributed by atoms with E-state index in [9.17, 15) is 4.39 Å². The maximum atomic E-state index is 12.8. The maximum absolute atomic E-state index is 12.8. The zero-order valence-electron chi connectivity index (χ0n) is 9.24. The van der Waals surface area contributed by atoms with Crippen LogP contribution in [0.4, 0.5) is 10.2 Å². The molecule has 17 heavy (non-hydrogen) atoms. The highest BCUT2D eigenvalue weighted by Gasteiger charge is 2.10. The molecule has 1 aromatic heterocycles. The fourth-order valence-corrected chi connectivity index (χ4v) is 1.93. The lowest BCUT2D eigenvalue weighted by atomic mass is 10.2. The van der Waals surface area contributed by atoms with Crippen molar-refractivity contribution in [2.24, 2.45) is 0 Å². The van der Waals surface area contributed by atoms with Gasteiger partial charge in [0.05, 0.1) is 10.2 Å². The van der Waals surface area contributed by atoms with Crippen LogP contribution in [0.1, 0.15) is 12.6 Å². The molecule has 0 fully saturated rings. The maximum Gasteiger partial charge on any atom is 0.161 e. The quantitative estimate of drug-likeness (QED) is 0.926. The Morgan fingerprint density at radius 1 is 1.24 bits per heavy atom. The van der Waals surface area contributed by atoms with Crippen LogP contribution in [0.2, 0.25) is 0 Å². The second-order valence-electron chi connectivity index (χ2n) is 3.55. The number of nitrogens with two attached hydrogens (primary N) is 1. The minimum Gasteiger partial charge on any atom is -0.383 e. The Balaban J connectivity index is 2.52. The Morgan fingerprint density at radius 2 is 1.88 bits per heavy atom. The third kappa shape index (κ3) is 2.44. The Bertz CT molecular complexity index is 540. The summed E-state index contributed by atoms with van der Waals surface area (Å²) in [7, 11) is 0. The van der Waals surface area contributed by atoms with Crippen molar-refractivity contribution in [3.8, 4) is 11.4 Å². The van der Waals surface area contributed by atoms with Crippen molar-refractivity contribution in [3.05, 3.63) is 40.2 Å². The summed E-state index contributed by atoms with van der Waals surface area (Å²) in [6, 6.07) is 6.03. The molecule has 0 aliphatic carbocycles. The van der Waals surface area contributed by atoms with Gasteiger partial charge in [-0.3, -0.25) is 0 Å². The summed E-state index contributed by atoms with van der Waals surface area (Å²) in [5, 5.41) is 0. The van der Waals surface area contributed by atoms with Gasteiger partial charge < -0.3 is 5.73 Å². The molecule has 1 aromatic carbocycles. The van der Waals surface area contributed by atoms with Crippen molar-refractivity contribution in [1.29, 1.82) is 0 Å². The molecule has 2 N–H and O–H groups in total. The first-order chi connectivity index (χ1) is 8.11. The van der Waals surface area contributed by atoms with Gasteiger partial charge in [-0.2, -0.15) is 0 Å². The molecule has 3 nitrogen and oxygen atoms in total. The molecule has 0 spiro atoms. The van der Waals surface area contributed by atoms with Gasteiger partial charge in [0.2, 0.25) is 0 Å². The predicted octanol–water partition coefficient (Wildman–Crippen LogP) is 3.19. The fraction of sp³-hybridized carbons (Fsp3) is 0.167. The Labute approximate surface area is 107 Å². The number of anilines is 1. The second-order valence-corrected chi connectivity index (χ2v) is 4.35. The predicted molar refractivity (Wildman–Crippen MR) is 68.9 cm³/mol. The number of nitrogens with zero attached hydrogens (tertiary/aromatic N) is 2. The van der Waals surface area contributed by atoms with Crippen molar-refractivity contribution < 1.29 is 4.39 Å². The molecule has 0 radical (unpaired) electrons. The number of rotatable bonds is 2. The van der Waals surface area contributed by atoms with Crippen molar-refractivity contribution in [3.63, 3.8) is 0 Å². The van der Waals surface area contributed by atoms with E-state index >= 15 is 0 Å². The summed E-state index contributed by atoms with van der Waals surface area (Å²) in [5.41, 5.74) is 7.39. The van der Waals surface area contributed by atoms with Crippen LogP contribution in [-0.2, 0) is 6.42 Å². The summed E-state index contributed by atoms with van der Waals surface area (Å²) in [6.07, 6.45) is 0.751. The van der Waals surface area contributed by atoms with Gasteiger partial charge in [0.15, 0.2) is 5.82 Å². The van der Waals surface area contributed by atoms with E-state index in [1.54, 1.807) is 12.1 Å². The molecule has 0 saturated carbocycles. The third-order valence-electron chi connectivity index (χ3n) is 2.38. The summed E-state index contributed by atoms with van der Waals surface area (Å²) in [4.78, 5) is 8.57. The summed E-state index contributed by atoms with van der Waals surface area (Å²) >= 11 is 3.35. The first-order valence-corrected chi connectivity index (χ1v) is 5.99. The van der Waals surface area contributed by atoms with E-state index < -0.39 is 0 Å². The van der Waals surface area contributed by atoms with E-state index in [-0.39, 0.29) is 5.82 Å². The van der Waals surface area contributed by atoms with Gasteiger partial charge in [0.25, 0.3) is 0 Å². The number of nitrogen functional groups attached to an aromatic ring is 1.